The zero-order valence-corrected chi connectivity index (χ0v) is 17.5. The van der Waals surface area contributed by atoms with E-state index in [2.05, 4.69) is 5.10 Å². The number of nitrogens with zero attached hydrogens (tertiary/aromatic N) is 4. The molecule has 7 heteroatoms. The van der Waals surface area contributed by atoms with Crippen molar-refractivity contribution in [2.24, 2.45) is 5.92 Å². The summed E-state index contributed by atoms with van der Waals surface area (Å²) >= 11 is 0. The quantitative estimate of drug-likeness (QED) is 0.701. The Kier molecular flexibility index (Phi) is 5.47. The number of likely N-dealkylation sites (tertiary alicyclic amines) is 1. The minimum absolute atomic E-state index is 0.106. The summed E-state index contributed by atoms with van der Waals surface area (Å²) in [4.78, 5) is 27.4. The van der Waals surface area contributed by atoms with Gasteiger partial charge in [-0.05, 0) is 43.4 Å². The number of benzene rings is 1. The van der Waals surface area contributed by atoms with E-state index in [0.29, 0.717) is 37.9 Å². The number of fused-ring (bicyclic) bond motifs is 1. The highest BCUT2D eigenvalue weighted by atomic mass is 16.3. The van der Waals surface area contributed by atoms with Gasteiger partial charge in [-0.25, -0.2) is 4.52 Å². The Balaban J connectivity index is 1.39. The number of hydrogen-bond acceptors (Lipinski definition) is 4. The first-order chi connectivity index (χ1) is 14.3. The highest BCUT2D eigenvalue weighted by Gasteiger charge is 2.35. The first-order valence-corrected chi connectivity index (χ1v) is 10.4. The molecule has 1 aliphatic rings. The maximum atomic E-state index is 12.9. The van der Waals surface area contributed by atoms with E-state index in [1.807, 2.05) is 49.1 Å². The van der Waals surface area contributed by atoms with Crippen LogP contribution in [0.1, 0.15) is 30.9 Å². The fourth-order valence-corrected chi connectivity index (χ4v) is 4.25. The summed E-state index contributed by atoms with van der Waals surface area (Å²) in [5.41, 5.74) is 1.43. The van der Waals surface area contributed by atoms with Gasteiger partial charge in [0.2, 0.25) is 5.91 Å². The molecule has 1 aromatic carbocycles. The molecule has 7 nitrogen and oxygen atoms in total. The maximum Gasteiger partial charge on any atom is 0.277 e. The molecule has 0 bridgehead atoms. The Morgan fingerprint density at radius 3 is 2.63 bits per heavy atom. The molecule has 2 aromatic heterocycles. The second-order valence-electron chi connectivity index (χ2n) is 8.55. The van der Waals surface area contributed by atoms with Gasteiger partial charge in [0.05, 0.1) is 12.1 Å². The first-order valence-electron chi connectivity index (χ1n) is 10.4. The lowest BCUT2D eigenvalue weighted by molar-refractivity contribution is -0.139. The predicted octanol–water partition coefficient (Wildman–Crippen LogP) is 2.04. The van der Waals surface area contributed by atoms with Gasteiger partial charge in [-0.15, -0.1) is 0 Å². The van der Waals surface area contributed by atoms with Crippen LogP contribution in [0, 0.1) is 12.8 Å². The largest absolute Gasteiger partial charge is 0.388 e. The van der Waals surface area contributed by atoms with Crippen molar-refractivity contribution in [3.05, 3.63) is 70.4 Å². The fourth-order valence-electron chi connectivity index (χ4n) is 4.25. The minimum Gasteiger partial charge on any atom is -0.388 e. The van der Waals surface area contributed by atoms with Gasteiger partial charge in [-0.1, -0.05) is 37.3 Å². The molecule has 3 aromatic rings. The SMILES string of the molecule is Cc1cc2c(=O)n(CC3(O)CCN(C(=O)C(C)Cc4ccccc4)CC3)cnn2c1. The van der Waals surface area contributed by atoms with Crippen molar-refractivity contribution in [3.63, 3.8) is 0 Å². The van der Waals surface area contributed by atoms with Crippen molar-refractivity contribution in [1.82, 2.24) is 19.1 Å². The van der Waals surface area contributed by atoms with Crippen molar-refractivity contribution < 1.29 is 9.90 Å². The third kappa shape index (κ3) is 4.16. The molecule has 1 unspecified atom stereocenters. The molecular formula is C23H28N4O3. The summed E-state index contributed by atoms with van der Waals surface area (Å²) in [5.74, 6) is 0.00948. The Labute approximate surface area is 175 Å². The summed E-state index contributed by atoms with van der Waals surface area (Å²) in [5, 5.41) is 15.3. The van der Waals surface area contributed by atoms with E-state index >= 15 is 0 Å². The summed E-state index contributed by atoms with van der Waals surface area (Å²) in [6.07, 6.45) is 4.86. The molecule has 0 saturated carbocycles. The van der Waals surface area contributed by atoms with Crippen LogP contribution in [0.15, 0.2) is 53.7 Å². The predicted molar refractivity (Wildman–Crippen MR) is 114 cm³/mol. The molecule has 4 rings (SSSR count). The zero-order chi connectivity index (χ0) is 21.3. The van der Waals surface area contributed by atoms with E-state index in [1.54, 1.807) is 16.8 Å². The average Bonchev–Trinajstić information content (AvgIpc) is 3.12. The van der Waals surface area contributed by atoms with Crippen LogP contribution in [0.2, 0.25) is 0 Å². The molecule has 0 aliphatic carbocycles. The summed E-state index contributed by atoms with van der Waals surface area (Å²) in [7, 11) is 0. The zero-order valence-electron chi connectivity index (χ0n) is 17.5. The number of aliphatic hydroxyl groups is 1. The monoisotopic (exact) mass is 408 g/mol. The van der Waals surface area contributed by atoms with E-state index in [-0.39, 0.29) is 23.9 Å². The van der Waals surface area contributed by atoms with E-state index in [0.717, 1.165) is 11.1 Å². The molecule has 1 N–H and O–H groups in total. The van der Waals surface area contributed by atoms with Crippen LogP contribution in [-0.2, 0) is 17.8 Å². The van der Waals surface area contributed by atoms with E-state index in [4.69, 9.17) is 0 Å². The van der Waals surface area contributed by atoms with Gasteiger partial charge < -0.3 is 10.0 Å². The average molecular weight is 409 g/mol. The van der Waals surface area contributed by atoms with Crippen molar-refractivity contribution in [3.8, 4) is 0 Å². The normalized spacial score (nSPS) is 17.2. The number of carbonyl (C=O) groups excluding carboxylic acids is 1. The van der Waals surface area contributed by atoms with Crippen molar-refractivity contribution in [1.29, 1.82) is 0 Å². The number of carbonyl (C=O) groups is 1. The molecule has 0 radical (unpaired) electrons. The molecular weight excluding hydrogens is 380 g/mol. The lowest BCUT2D eigenvalue weighted by Crippen LogP contribution is -2.50. The number of piperidine rings is 1. The van der Waals surface area contributed by atoms with Crippen LogP contribution >= 0.6 is 0 Å². The minimum atomic E-state index is -1.02. The third-order valence-corrected chi connectivity index (χ3v) is 6.01. The van der Waals surface area contributed by atoms with Crippen molar-refractivity contribution >= 4 is 11.4 Å². The number of aryl methyl sites for hydroxylation is 1. The fraction of sp³-hybridized carbons (Fsp3) is 0.435. The third-order valence-electron chi connectivity index (χ3n) is 6.01. The van der Waals surface area contributed by atoms with Crippen LogP contribution in [0.3, 0.4) is 0 Å². The van der Waals surface area contributed by atoms with Crippen LogP contribution in [-0.4, -0.2) is 48.8 Å². The second kappa shape index (κ2) is 8.07. The smallest absolute Gasteiger partial charge is 0.277 e. The van der Waals surface area contributed by atoms with E-state index in [1.165, 1.54) is 10.9 Å². The highest BCUT2D eigenvalue weighted by Crippen LogP contribution is 2.25. The molecule has 1 atom stereocenters. The number of aromatic nitrogens is 3. The second-order valence-corrected chi connectivity index (χ2v) is 8.55. The first kappa shape index (κ1) is 20.3. The van der Waals surface area contributed by atoms with Gasteiger partial charge in [-0.3, -0.25) is 14.2 Å². The van der Waals surface area contributed by atoms with E-state index < -0.39 is 5.60 Å². The summed E-state index contributed by atoms with van der Waals surface area (Å²) in [6.45, 7) is 5.03. The lowest BCUT2D eigenvalue weighted by Gasteiger charge is -2.39. The van der Waals surface area contributed by atoms with E-state index in [9.17, 15) is 14.7 Å². The van der Waals surface area contributed by atoms with Gasteiger partial charge in [0, 0.05) is 25.2 Å². The van der Waals surface area contributed by atoms with Gasteiger partial charge in [0.15, 0.2) is 0 Å². The molecule has 1 amide bonds. The lowest BCUT2D eigenvalue weighted by atomic mass is 9.90. The Morgan fingerprint density at radius 2 is 1.93 bits per heavy atom. The van der Waals surface area contributed by atoms with Crippen molar-refractivity contribution in [2.45, 2.75) is 45.3 Å². The number of hydrogen-bond donors (Lipinski definition) is 1. The summed E-state index contributed by atoms with van der Waals surface area (Å²) < 4.78 is 3.04. The van der Waals surface area contributed by atoms with Crippen LogP contribution < -0.4 is 5.56 Å². The standard InChI is InChI=1S/C23H28N4O3/c1-17-12-20-22(29)26(16-24-27(20)14-17)15-23(30)8-10-25(11-9-23)21(28)18(2)13-19-6-4-3-5-7-19/h3-7,12,14,16,18,30H,8-11,13,15H2,1-2H3. The Hall–Kier alpha value is -2.93. The van der Waals surface area contributed by atoms with Crippen LogP contribution in [0.5, 0.6) is 0 Å². The topological polar surface area (TPSA) is 79.8 Å². The number of amides is 1. The molecule has 1 aliphatic heterocycles. The molecule has 0 spiro atoms. The molecule has 1 saturated heterocycles. The number of rotatable bonds is 5. The maximum absolute atomic E-state index is 12.9. The molecule has 30 heavy (non-hydrogen) atoms. The Morgan fingerprint density at radius 1 is 1.23 bits per heavy atom. The van der Waals surface area contributed by atoms with Gasteiger partial charge in [-0.2, -0.15) is 5.10 Å². The van der Waals surface area contributed by atoms with Gasteiger partial charge in [0.25, 0.3) is 5.56 Å². The molecule has 3 heterocycles. The van der Waals surface area contributed by atoms with Gasteiger partial charge in [0.1, 0.15) is 11.8 Å². The molecule has 158 valence electrons. The Bertz CT molecular complexity index is 1090. The van der Waals surface area contributed by atoms with Crippen molar-refractivity contribution in [2.75, 3.05) is 13.1 Å². The molecule has 1 fully saturated rings. The summed E-state index contributed by atoms with van der Waals surface area (Å²) in [6, 6.07) is 11.8. The van der Waals surface area contributed by atoms with Crippen LogP contribution in [0.25, 0.3) is 5.52 Å². The highest BCUT2D eigenvalue weighted by molar-refractivity contribution is 5.79. The van der Waals surface area contributed by atoms with Crippen LogP contribution in [0.4, 0.5) is 0 Å². The van der Waals surface area contributed by atoms with Gasteiger partial charge >= 0.3 is 0 Å².